The third kappa shape index (κ3) is 2.99. The minimum atomic E-state index is -5.81. The van der Waals surface area contributed by atoms with E-state index in [0.717, 1.165) is 0 Å². The summed E-state index contributed by atoms with van der Waals surface area (Å²) in [6.07, 6.45) is 1.21. The fourth-order valence-corrected chi connectivity index (χ4v) is 1.96. The summed E-state index contributed by atoms with van der Waals surface area (Å²) in [6, 6.07) is 2.99. The number of methoxy groups -OCH3 is 1. The molecule has 2 heterocycles. The fraction of sp³-hybridized carbons (Fsp3) is 0.273. The Kier molecular flexibility index (Phi) is 3.66. The fourth-order valence-electron chi connectivity index (χ4n) is 1.54. The summed E-state index contributed by atoms with van der Waals surface area (Å²) in [5, 5.41) is 0.342. The molecule has 0 bridgehead atoms. The molecule has 0 aliphatic carbocycles. The molecule has 21 heavy (non-hydrogen) atoms. The van der Waals surface area contributed by atoms with E-state index in [9.17, 15) is 21.6 Å². The minimum absolute atomic E-state index is 0.116. The third-order valence-electron chi connectivity index (χ3n) is 2.44. The van der Waals surface area contributed by atoms with Crippen molar-refractivity contribution in [2.45, 2.75) is 12.4 Å². The highest BCUT2D eigenvalue weighted by atomic mass is 32.2. The standard InChI is InChI=1S/C11H9F3N2O4S/c1-6-3-7-4-8(19-2)5-15-9(7)10(16-6)20-21(17,18)11(12,13)14/h3-5H,1-2H3. The van der Waals surface area contributed by atoms with Crippen molar-refractivity contribution in [2.75, 3.05) is 7.11 Å². The summed E-state index contributed by atoms with van der Waals surface area (Å²) >= 11 is 0. The van der Waals surface area contributed by atoms with Gasteiger partial charge in [-0.25, -0.2) is 9.97 Å². The summed E-state index contributed by atoms with van der Waals surface area (Å²) in [6.45, 7) is 1.48. The quantitative estimate of drug-likeness (QED) is 0.636. The van der Waals surface area contributed by atoms with Crippen LogP contribution in [0.2, 0.25) is 0 Å². The van der Waals surface area contributed by atoms with Gasteiger partial charge in [-0.05, 0) is 19.1 Å². The van der Waals surface area contributed by atoms with E-state index in [1.54, 1.807) is 0 Å². The van der Waals surface area contributed by atoms with E-state index in [0.29, 0.717) is 11.1 Å². The average molecular weight is 322 g/mol. The summed E-state index contributed by atoms with van der Waals surface area (Å²) in [7, 11) is -4.42. The van der Waals surface area contributed by atoms with Crippen molar-refractivity contribution >= 4 is 21.0 Å². The highest BCUT2D eigenvalue weighted by Crippen LogP contribution is 2.30. The van der Waals surface area contributed by atoms with Crippen LogP contribution in [0.5, 0.6) is 11.6 Å². The molecule has 6 nitrogen and oxygen atoms in total. The van der Waals surface area contributed by atoms with Crippen molar-refractivity contribution in [3.05, 3.63) is 24.0 Å². The monoisotopic (exact) mass is 322 g/mol. The van der Waals surface area contributed by atoms with E-state index in [-0.39, 0.29) is 11.2 Å². The molecule has 0 spiro atoms. The highest BCUT2D eigenvalue weighted by molar-refractivity contribution is 7.88. The molecular formula is C11H9F3N2O4S. The number of fused-ring (bicyclic) bond motifs is 1. The maximum atomic E-state index is 12.4. The first-order valence-electron chi connectivity index (χ1n) is 5.46. The third-order valence-corrected chi connectivity index (χ3v) is 3.39. The normalized spacial score (nSPS) is 12.4. The molecule has 0 radical (unpaired) electrons. The first-order chi connectivity index (χ1) is 9.64. The smallest absolute Gasteiger partial charge is 0.495 e. The second-order valence-electron chi connectivity index (χ2n) is 4.00. The first-order valence-corrected chi connectivity index (χ1v) is 6.87. The molecule has 0 fully saturated rings. The Morgan fingerprint density at radius 1 is 1.24 bits per heavy atom. The maximum Gasteiger partial charge on any atom is 0.534 e. The Morgan fingerprint density at radius 2 is 1.90 bits per heavy atom. The molecule has 0 amide bonds. The zero-order valence-electron chi connectivity index (χ0n) is 10.8. The number of alkyl halides is 3. The van der Waals surface area contributed by atoms with Crippen LogP contribution in [0.25, 0.3) is 10.9 Å². The summed E-state index contributed by atoms with van der Waals surface area (Å²) < 4.78 is 68.2. The van der Waals surface area contributed by atoms with Crippen LogP contribution in [0.4, 0.5) is 13.2 Å². The second-order valence-corrected chi connectivity index (χ2v) is 5.54. The topological polar surface area (TPSA) is 78.4 Å². The number of aryl methyl sites for hydroxylation is 1. The molecule has 0 saturated heterocycles. The van der Waals surface area contributed by atoms with Gasteiger partial charge in [-0.1, -0.05) is 0 Å². The van der Waals surface area contributed by atoms with Crippen LogP contribution in [0.1, 0.15) is 5.69 Å². The predicted molar refractivity (Wildman–Crippen MR) is 66.4 cm³/mol. The number of pyridine rings is 2. The van der Waals surface area contributed by atoms with Gasteiger partial charge in [0.15, 0.2) is 0 Å². The second kappa shape index (κ2) is 5.02. The number of halogens is 3. The van der Waals surface area contributed by atoms with Gasteiger partial charge < -0.3 is 8.92 Å². The lowest BCUT2D eigenvalue weighted by Crippen LogP contribution is -2.28. The molecule has 0 saturated carbocycles. The number of ether oxygens (including phenoxy) is 1. The van der Waals surface area contributed by atoms with Crippen LogP contribution in [-0.4, -0.2) is 31.0 Å². The van der Waals surface area contributed by atoms with E-state index in [4.69, 9.17) is 4.74 Å². The van der Waals surface area contributed by atoms with Gasteiger partial charge >= 0.3 is 15.6 Å². The van der Waals surface area contributed by atoms with Gasteiger partial charge in [0.1, 0.15) is 11.3 Å². The lowest BCUT2D eigenvalue weighted by atomic mass is 10.2. The van der Waals surface area contributed by atoms with Crippen molar-refractivity contribution in [1.29, 1.82) is 0 Å². The Bertz CT molecular complexity index is 790. The SMILES string of the molecule is COc1cnc2c(OS(=O)(=O)C(F)(F)F)nc(C)cc2c1. The van der Waals surface area contributed by atoms with E-state index in [1.807, 2.05) is 0 Å². The number of hydrogen-bond donors (Lipinski definition) is 0. The molecule has 0 aliphatic rings. The Labute approximate surface area is 117 Å². The van der Waals surface area contributed by atoms with Crippen LogP contribution in [0.15, 0.2) is 18.3 Å². The van der Waals surface area contributed by atoms with Crippen molar-refractivity contribution < 1.29 is 30.5 Å². The van der Waals surface area contributed by atoms with E-state index in [2.05, 4.69) is 14.2 Å². The van der Waals surface area contributed by atoms with Crippen LogP contribution >= 0.6 is 0 Å². The highest BCUT2D eigenvalue weighted by Gasteiger charge is 2.49. The van der Waals surface area contributed by atoms with Gasteiger partial charge in [0.2, 0.25) is 0 Å². The predicted octanol–water partition coefficient (Wildman–Crippen LogP) is 2.18. The molecule has 114 valence electrons. The van der Waals surface area contributed by atoms with Crippen molar-refractivity contribution in [1.82, 2.24) is 9.97 Å². The maximum absolute atomic E-state index is 12.4. The molecule has 0 aliphatic heterocycles. The molecule has 0 unspecified atom stereocenters. The van der Waals surface area contributed by atoms with Gasteiger partial charge in [-0.3, -0.25) is 0 Å². The molecule has 2 aromatic heterocycles. The first kappa shape index (κ1) is 15.3. The molecule has 10 heteroatoms. The van der Waals surface area contributed by atoms with Crippen LogP contribution in [0, 0.1) is 6.92 Å². The summed E-state index contributed by atoms with van der Waals surface area (Å²) in [5.41, 5.74) is -5.39. The molecule has 0 atom stereocenters. The Hall–Kier alpha value is -2.10. The van der Waals surface area contributed by atoms with Gasteiger partial charge in [-0.2, -0.15) is 21.6 Å². The minimum Gasteiger partial charge on any atom is -0.495 e. The number of aromatic nitrogens is 2. The van der Waals surface area contributed by atoms with Crippen LogP contribution in [-0.2, 0) is 10.1 Å². The molecule has 0 aromatic carbocycles. The van der Waals surface area contributed by atoms with Gasteiger partial charge in [0, 0.05) is 11.1 Å². The zero-order chi connectivity index (χ0) is 15.8. The number of hydrogen-bond acceptors (Lipinski definition) is 6. The van der Waals surface area contributed by atoms with Crippen molar-refractivity contribution in [3.63, 3.8) is 0 Å². The molecule has 2 aromatic rings. The van der Waals surface area contributed by atoms with E-state index in [1.165, 1.54) is 32.4 Å². The van der Waals surface area contributed by atoms with Gasteiger partial charge in [0.25, 0.3) is 5.88 Å². The Balaban J connectivity index is 2.59. The van der Waals surface area contributed by atoms with Gasteiger partial charge in [0.05, 0.1) is 13.3 Å². The van der Waals surface area contributed by atoms with E-state index >= 15 is 0 Å². The lowest BCUT2D eigenvalue weighted by Gasteiger charge is -2.11. The van der Waals surface area contributed by atoms with E-state index < -0.39 is 21.5 Å². The summed E-state index contributed by atoms with van der Waals surface area (Å²) in [5.74, 6) is -0.372. The van der Waals surface area contributed by atoms with Crippen molar-refractivity contribution in [3.8, 4) is 11.6 Å². The Morgan fingerprint density at radius 3 is 2.48 bits per heavy atom. The molecule has 0 N–H and O–H groups in total. The number of nitrogens with zero attached hydrogens (tertiary/aromatic N) is 2. The van der Waals surface area contributed by atoms with Crippen molar-refractivity contribution in [2.24, 2.45) is 0 Å². The van der Waals surface area contributed by atoms with Crippen LogP contribution in [0.3, 0.4) is 0 Å². The van der Waals surface area contributed by atoms with Gasteiger partial charge in [-0.15, -0.1) is 0 Å². The molecular weight excluding hydrogens is 313 g/mol. The number of rotatable bonds is 3. The zero-order valence-corrected chi connectivity index (χ0v) is 11.6. The molecule has 2 rings (SSSR count). The summed E-state index contributed by atoms with van der Waals surface area (Å²) in [4.78, 5) is 7.47. The average Bonchev–Trinajstić information content (AvgIpc) is 2.35. The van der Waals surface area contributed by atoms with Crippen LogP contribution < -0.4 is 8.92 Å². The largest absolute Gasteiger partial charge is 0.534 e. The lowest BCUT2D eigenvalue weighted by molar-refractivity contribution is -0.0500.